The molecule has 0 saturated carbocycles. The Balaban J connectivity index is 3.23. The van der Waals surface area contributed by atoms with E-state index in [1.165, 1.54) is 5.56 Å². The SMILES string of the molecule is Cc1cc(Br)c(C(C)C)cc1N. The summed E-state index contributed by atoms with van der Waals surface area (Å²) in [6.45, 7) is 6.34. The Labute approximate surface area is 82.1 Å². The first-order valence-electron chi connectivity index (χ1n) is 4.08. The maximum absolute atomic E-state index is 5.81. The average Bonchev–Trinajstić information content (AvgIpc) is 1.96. The van der Waals surface area contributed by atoms with Crippen LogP contribution in [0.25, 0.3) is 0 Å². The van der Waals surface area contributed by atoms with E-state index in [1.807, 2.05) is 13.0 Å². The van der Waals surface area contributed by atoms with Crippen molar-refractivity contribution in [3.8, 4) is 0 Å². The van der Waals surface area contributed by atoms with Crippen molar-refractivity contribution in [1.82, 2.24) is 0 Å². The lowest BCUT2D eigenvalue weighted by Crippen LogP contribution is -1.95. The molecule has 2 N–H and O–H groups in total. The number of anilines is 1. The summed E-state index contributed by atoms with van der Waals surface area (Å²) in [6, 6.07) is 4.12. The molecule has 0 unspecified atom stereocenters. The summed E-state index contributed by atoms with van der Waals surface area (Å²) in [5.74, 6) is 0.516. The second kappa shape index (κ2) is 3.48. The lowest BCUT2D eigenvalue weighted by molar-refractivity contribution is 0.861. The van der Waals surface area contributed by atoms with Crippen LogP contribution in [0.15, 0.2) is 16.6 Å². The predicted molar refractivity (Wildman–Crippen MR) is 57.4 cm³/mol. The van der Waals surface area contributed by atoms with Crippen molar-refractivity contribution in [1.29, 1.82) is 0 Å². The summed E-state index contributed by atoms with van der Waals surface area (Å²) >= 11 is 3.53. The standard InChI is InChI=1S/C10H14BrN/c1-6(2)8-5-10(12)7(3)4-9(8)11/h4-6H,12H2,1-3H3. The van der Waals surface area contributed by atoms with Gasteiger partial charge in [-0.05, 0) is 36.1 Å². The monoisotopic (exact) mass is 227 g/mol. The Morgan fingerprint density at radius 1 is 1.33 bits per heavy atom. The summed E-state index contributed by atoms with van der Waals surface area (Å²) < 4.78 is 1.16. The first-order chi connectivity index (χ1) is 5.52. The molecule has 1 nitrogen and oxygen atoms in total. The van der Waals surface area contributed by atoms with Gasteiger partial charge in [-0.15, -0.1) is 0 Å². The van der Waals surface area contributed by atoms with Gasteiger partial charge in [0.15, 0.2) is 0 Å². The maximum atomic E-state index is 5.81. The number of rotatable bonds is 1. The smallest absolute Gasteiger partial charge is 0.0347 e. The first-order valence-corrected chi connectivity index (χ1v) is 4.87. The van der Waals surface area contributed by atoms with E-state index < -0.39 is 0 Å². The molecular formula is C10H14BrN. The molecule has 0 aliphatic heterocycles. The molecule has 0 bridgehead atoms. The van der Waals surface area contributed by atoms with Crippen molar-refractivity contribution >= 4 is 21.6 Å². The van der Waals surface area contributed by atoms with Crippen LogP contribution in [-0.2, 0) is 0 Å². The maximum Gasteiger partial charge on any atom is 0.0347 e. The van der Waals surface area contributed by atoms with Crippen molar-refractivity contribution in [3.05, 3.63) is 27.7 Å². The number of hydrogen-bond acceptors (Lipinski definition) is 1. The molecule has 0 aliphatic rings. The van der Waals surface area contributed by atoms with Gasteiger partial charge in [0, 0.05) is 10.2 Å². The van der Waals surface area contributed by atoms with Crippen LogP contribution in [0.2, 0.25) is 0 Å². The van der Waals surface area contributed by atoms with E-state index >= 15 is 0 Å². The zero-order valence-electron chi connectivity index (χ0n) is 7.69. The minimum absolute atomic E-state index is 0.516. The molecule has 12 heavy (non-hydrogen) atoms. The predicted octanol–water partition coefficient (Wildman–Crippen LogP) is 3.46. The number of halogens is 1. The van der Waals surface area contributed by atoms with E-state index in [2.05, 4.69) is 35.8 Å². The summed E-state index contributed by atoms with van der Waals surface area (Å²) in [5.41, 5.74) is 9.09. The highest BCUT2D eigenvalue weighted by atomic mass is 79.9. The Morgan fingerprint density at radius 3 is 2.42 bits per heavy atom. The van der Waals surface area contributed by atoms with E-state index in [0.717, 1.165) is 15.7 Å². The molecule has 1 rings (SSSR count). The lowest BCUT2D eigenvalue weighted by atomic mass is 10.0. The zero-order chi connectivity index (χ0) is 9.30. The lowest BCUT2D eigenvalue weighted by Gasteiger charge is -2.10. The van der Waals surface area contributed by atoms with Gasteiger partial charge in [-0.1, -0.05) is 29.8 Å². The van der Waals surface area contributed by atoms with Gasteiger partial charge in [0.1, 0.15) is 0 Å². The highest BCUT2D eigenvalue weighted by Crippen LogP contribution is 2.28. The highest BCUT2D eigenvalue weighted by Gasteiger charge is 2.06. The van der Waals surface area contributed by atoms with Gasteiger partial charge in [0.25, 0.3) is 0 Å². The van der Waals surface area contributed by atoms with Gasteiger partial charge in [0.2, 0.25) is 0 Å². The number of nitrogens with two attached hydrogens (primary N) is 1. The van der Waals surface area contributed by atoms with E-state index in [4.69, 9.17) is 5.73 Å². The van der Waals surface area contributed by atoms with Gasteiger partial charge in [0.05, 0.1) is 0 Å². The van der Waals surface area contributed by atoms with Gasteiger partial charge in [-0.2, -0.15) is 0 Å². The Morgan fingerprint density at radius 2 is 1.92 bits per heavy atom. The van der Waals surface area contributed by atoms with Crippen molar-refractivity contribution in [2.45, 2.75) is 26.7 Å². The minimum atomic E-state index is 0.516. The van der Waals surface area contributed by atoms with E-state index in [0.29, 0.717) is 5.92 Å². The van der Waals surface area contributed by atoms with Crippen molar-refractivity contribution < 1.29 is 0 Å². The average molecular weight is 228 g/mol. The van der Waals surface area contributed by atoms with Crippen molar-refractivity contribution in [2.75, 3.05) is 5.73 Å². The third-order valence-electron chi connectivity index (χ3n) is 2.01. The fraction of sp³-hybridized carbons (Fsp3) is 0.400. The molecule has 2 heteroatoms. The van der Waals surface area contributed by atoms with E-state index in [1.54, 1.807) is 0 Å². The number of benzene rings is 1. The second-order valence-corrected chi connectivity index (χ2v) is 4.24. The van der Waals surface area contributed by atoms with Crippen LogP contribution in [0.5, 0.6) is 0 Å². The fourth-order valence-corrected chi connectivity index (χ4v) is 2.07. The summed E-state index contributed by atoms with van der Waals surface area (Å²) in [5, 5.41) is 0. The molecule has 0 spiro atoms. The molecule has 0 heterocycles. The highest BCUT2D eigenvalue weighted by molar-refractivity contribution is 9.10. The van der Waals surface area contributed by atoms with Crippen LogP contribution in [0.1, 0.15) is 30.9 Å². The molecule has 66 valence electrons. The van der Waals surface area contributed by atoms with Gasteiger partial charge in [-0.25, -0.2) is 0 Å². The first kappa shape index (κ1) is 9.59. The van der Waals surface area contributed by atoms with Crippen LogP contribution < -0.4 is 5.73 Å². The molecule has 0 saturated heterocycles. The van der Waals surface area contributed by atoms with Gasteiger partial charge in [-0.3, -0.25) is 0 Å². The van der Waals surface area contributed by atoms with Crippen molar-refractivity contribution in [3.63, 3.8) is 0 Å². The summed E-state index contributed by atoms with van der Waals surface area (Å²) in [4.78, 5) is 0. The number of aryl methyl sites for hydroxylation is 1. The molecule has 0 aromatic heterocycles. The summed E-state index contributed by atoms with van der Waals surface area (Å²) in [6.07, 6.45) is 0. The quantitative estimate of drug-likeness (QED) is 0.732. The molecule has 1 aromatic rings. The normalized spacial score (nSPS) is 10.8. The van der Waals surface area contributed by atoms with Crippen molar-refractivity contribution in [2.24, 2.45) is 0 Å². The van der Waals surface area contributed by atoms with E-state index in [-0.39, 0.29) is 0 Å². The van der Waals surface area contributed by atoms with Crippen LogP contribution in [-0.4, -0.2) is 0 Å². The van der Waals surface area contributed by atoms with Crippen LogP contribution in [0, 0.1) is 6.92 Å². The molecule has 0 fully saturated rings. The Bertz CT molecular complexity index is 292. The molecule has 1 aromatic carbocycles. The van der Waals surface area contributed by atoms with Gasteiger partial charge < -0.3 is 5.73 Å². The topological polar surface area (TPSA) is 26.0 Å². The molecule has 0 amide bonds. The fourth-order valence-electron chi connectivity index (χ4n) is 1.15. The molecular weight excluding hydrogens is 214 g/mol. The van der Waals surface area contributed by atoms with Crippen LogP contribution in [0.3, 0.4) is 0 Å². The number of nitrogen functional groups attached to an aromatic ring is 1. The molecule has 0 aliphatic carbocycles. The largest absolute Gasteiger partial charge is 0.399 e. The molecule has 0 atom stereocenters. The third kappa shape index (κ3) is 1.81. The van der Waals surface area contributed by atoms with E-state index in [9.17, 15) is 0 Å². The van der Waals surface area contributed by atoms with Gasteiger partial charge >= 0.3 is 0 Å². The number of hydrogen-bond donors (Lipinski definition) is 1. The zero-order valence-corrected chi connectivity index (χ0v) is 9.27. The minimum Gasteiger partial charge on any atom is -0.399 e. The van der Waals surface area contributed by atoms with Crippen LogP contribution >= 0.6 is 15.9 Å². The molecule has 0 radical (unpaired) electrons. The van der Waals surface area contributed by atoms with Crippen LogP contribution in [0.4, 0.5) is 5.69 Å². The Kier molecular flexibility index (Phi) is 2.78. The second-order valence-electron chi connectivity index (χ2n) is 3.39. The third-order valence-corrected chi connectivity index (χ3v) is 2.69. The Hall–Kier alpha value is -0.500. The summed E-state index contributed by atoms with van der Waals surface area (Å²) in [7, 11) is 0.